The summed E-state index contributed by atoms with van der Waals surface area (Å²) < 4.78 is 0. The molecule has 1 unspecified atom stereocenters. The Morgan fingerprint density at radius 2 is 1.81 bits per heavy atom. The number of nitrogens with zero attached hydrogens (tertiary/aromatic N) is 3. The molecule has 2 saturated heterocycles. The molecule has 0 spiro atoms. The van der Waals surface area contributed by atoms with Crippen molar-refractivity contribution in [2.45, 2.75) is 45.1 Å². The average Bonchev–Trinajstić information content (AvgIpc) is 2.48. The molecule has 120 valence electrons. The van der Waals surface area contributed by atoms with Crippen LogP contribution in [0.3, 0.4) is 0 Å². The number of carboxylic acid groups (broad SMARTS) is 1. The second-order valence-corrected chi connectivity index (χ2v) is 6.07. The number of likely N-dealkylation sites (tertiary alicyclic amines) is 1. The number of hydrogen-bond acceptors (Lipinski definition) is 3. The molecule has 2 rings (SSSR count). The molecule has 0 saturated carbocycles. The molecule has 2 heterocycles. The maximum atomic E-state index is 12.7. The summed E-state index contributed by atoms with van der Waals surface area (Å²) in [4.78, 5) is 29.2. The van der Waals surface area contributed by atoms with Crippen LogP contribution in [0.2, 0.25) is 0 Å². The van der Waals surface area contributed by atoms with E-state index in [1.807, 2.05) is 9.80 Å². The van der Waals surface area contributed by atoms with E-state index in [9.17, 15) is 9.59 Å². The van der Waals surface area contributed by atoms with Crippen molar-refractivity contribution in [1.29, 1.82) is 0 Å². The summed E-state index contributed by atoms with van der Waals surface area (Å²) in [6.45, 7) is 5.71. The van der Waals surface area contributed by atoms with E-state index in [0.29, 0.717) is 32.2 Å². The Morgan fingerprint density at radius 3 is 2.43 bits per heavy atom. The van der Waals surface area contributed by atoms with Crippen LogP contribution in [-0.4, -0.2) is 77.1 Å². The molecule has 1 N–H and O–H groups in total. The number of hydrogen-bond donors (Lipinski definition) is 1. The lowest BCUT2D eigenvalue weighted by Gasteiger charge is -2.41. The lowest BCUT2D eigenvalue weighted by molar-refractivity contribution is -0.138. The van der Waals surface area contributed by atoms with Gasteiger partial charge in [0.25, 0.3) is 0 Å². The first kappa shape index (κ1) is 16.1. The molecule has 0 radical (unpaired) electrons. The molecule has 0 aromatic rings. The standard InChI is InChI=1S/C15H27N3O3/c1-2-5-13-6-3-4-7-18(13)15(21)17-10-8-16(9-11-17)12-14(19)20/h13H,2-12H2,1H3,(H,19,20). The predicted molar refractivity (Wildman–Crippen MR) is 80.3 cm³/mol. The fourth-order valence-corrected chi connectivity index (χ4v) is 3.36. The van der Waals surface area contributed by atoms with Gasteiger partial charge in [-0.1, -0.05) is 13.3 Å². The summed E-state index contributed by atoms with van der Waals surface area (Å²) in [5.74, 6) is -0.797. The van der Waals surface area contributed by atoms with Crippen LogP contribution in [0.5, 0.6) is 0 Å². The van der Waals surface area contributed by atoms with Gasteiger partial charge in [0.1, 0.15) is 0 Å². The van der Waals surface area contributed by atoms with E-state index in [0.717, 1.165) is 32.2 Å². The third kappa shape index (κ3) is 4.33. The van der Waals surface area contributed by atoms with Gasteiger partial charge in [0.2, 0.25) is 0 Å². The Kier molecular flexibility index (Phi) is 5.85. The topological polar surface area (TPSA) is 64.1 Å². The van der Waals surface area contributed by atoms with Crippen LogP contribution < -0.4 is 0 Å². The minimum Gasteiger partial charge on any atom is -0.480 e. The number of carbonyl (C=O) groups excluding carboxylic acids is 1. The van der Waals surface area contributed by atoms with Crippen LogP contribution in [0.25, 0.3) is 0 Å². The molecule has 0 bridgehead atoms. The summed E-state index contributed by atoms with van der Waals surface area (Å²) in [7, 11) is 0. The SMILES string of the molecule is CCCC1CCCCN1C(=O)N1CCN(CC(=O)O)CC1. The summed E-state index contributed by atoms with van der Waals surface area (Å²) in [6, 6.07) is 0.552. The zero-order valence-electron chi connectivity index (χ0n) is 13.0. The molecule has 6 heteroatoms. The van der Waals surface area contributed by atoms with Crippen LogP contribution in [0, 0.1) is 0 Å². The average molecular weight is 297 g/mol. The highest BCUT2D eigenvalue weighted by Gasteiger charge is 2.31. The maximum Gasteiger partial charge on any atom is 0.320 e. The van der Waals surface area contributed by atoms with Crippen molar-refractivity contribution < 1.29 is 14.7 Å². The number of amides is 2. The Labute approximate surface area is 126 Å². The van der Waals surface area contributed by atoms with Crippen molar-refractivity contribution in [3.63, 3.8) is 0 Å². The van der Waals surface area contributed by atoms with E-state index in [2.05, 4.69) is 11.8 Å². The Bertz CT molecular complexity index is 365. The number of urea groups is 1. The van der Waals surface area contributed by atoms with Crippen molar-refractivity contribution in [3.05, 3.63) is 0 Å². The molecule has 0 aromatic heterocycles. The normalized spacial score (nSPS) is 24.1. The van der Waals surface area contributed by atoms with Crippen LogP contribution >= 0.6 is 0 Å². The van der Waals surface area contributed by atoms with Gasteiger partial charge in [-0.05, 0) is 25.7 Å². The number of piperidine rings is 1. The molecular weight excluding hydrogens is 270 g/mol. The minimum atomic E-state index is -0.797. The quantitative estimate of drug-likeness (QED) is 0.853. The van der Waals surface area contributed by atoms with Crippen molar-refractivity contribution >= 4 is 12.0 Å². The molecule has 2 amide bonds. The fourth-order valence-electron chi connectivity index (χ4n) is 3.36. The van der Waals surface area contributed by atoms with Gasteiger partial charge < -0.3 is 14.9 Å². The van der Waals surface area contributed by atoms with E-state index < -0.39 is 5.97 Å². The van der Waals surface area contributed by atoms with Gasteiger partial charge in [-0.3, -0.25) is 9.69 Å². The first-order valence-corrected chi connectivity index (χ1v) is 8.11. The van der Waals surface area contributed by atoms with Gasteiger partial charge in [-0.15, -0.1) is 0 Å². The van der Waals surface area contributed by atoms with Crippen LogP contribution in [0.1, 0.15) is 39.0 Å². The zero-order chi connectivity index (χ0) is 15.2. The molecule has 0 aliphatic carbocycles. The van der Waals surface area contributed by atoms with E-state index >= 15 is 0 Å². The number of carboxylic acids is 1. The van der Waals surface area contributed by atoms with Gasteiger partial charge in [0.05, 0.1) is 6.54 Å². The summed E-state index contributed by atoms with van der Waals surface area (Å²) in [5.41, 5.74) is 0. The third-order valence-corrected chi connectivity index (χ3v) is 4.50. The Hall–Kier alpha value is -1.30. The molecule has 2 aliphatic heterocycles. The number of aliphatic carboxylic acids is 1. The van der Waals surface area contributed by atoms with Gasteiger partial charge in [-0.2, -0.15) is 0 Å². The molecule has 0 aromatic carbocycles. The van der Waals surface area contributed by atoms with E-state index in [-0.39, 0.29) is 12.6 Å². The summed E-state index contributed by atoms with van der Waals surface area (Å²) in [5, 5.41) is 8.81. The van der Waals surface area contributed by atoms with Gasteiger partial charge >= 0.3 is 12.0 Å². The van der Waals surface area contributed by atoms with E-state index in [4.69, 9.17) is 5.11 Å². The van der Waals surface area contributed by atoms with Crippen molar-refractivity contribution in [3.8, 4) is 0 Å². The van der Waals surface area contributed by atoms with Crippen LogP contribution in [-0.2, 0) is 4.79 Å². The Balaban J connectivity index is 1.86. The van der Waals surface area contributed by atoms with E-state index in [1.54, 1.807) is 0 Å². The second kappa shape index (κ2) is 7.64. The number of carbonyl (C=O) groups is 2. The highest BCUT2D eigenvalue weighted by molar-refractivity contribution is 5.75. The Morgan fingerprint density at radius 1 is 1.10 bits per heavy atom. The third-order valence-electron chi connectivity index (χ3n) is 4.50. The van der Waals surface area contributed by atoms with Gasteiger partial charge in [0.15, 0.2) is 0 Å². The molecule has 6 nitrogen and oxygen atoms in total. The van der Waals surface area contributed by atoms with Gasteiger partial charge in [0, 0.05) is 38.8 Å². The largest absolute Gasteiger partial charge is 0.480 e. The molecule has 2 aliphatic rings. The predicted octanol–water partition coefficient (Wildman–Crippen LogP) is 1.46. The van der Waals surface area contributed by atoms with Crippen LogP contribution in [0.4, 0.5) is 4.79 Å². The molecule has 1 atom stereocenters. The lowest BCUT2D eigenvalue weighted by Crippen LogP contribution is -2.56. The van der Waals surface area contributed by atoms with E-state index in [1.165, 1.54) is 6.42 Å². The monoisotopic (exact) mass is 297 g/mol. The van der Waals surface area contributed by atoms with Gasteiger partial charge in [-0.25, -0.2) is 4.79 Å². The first-order valence-electron chi connectivity index (χ1n) is 8.11. The summed E-state index contributed by atoms with van der Waals surface area (Å²) in [6.07, 6.45) is 5.65. The molecular formula is C15H27N3O3. The highest BCUT2D eigenvalue weighted by atomic mass is 16.4. The zero-order valence-corrected chi connectivity index (χ0v) is 13.0. The first-order chi connectivity index (χ1) is 10.1. The number of rotatable bonds is 4. The van der Waals surface area contributed by atoms with Crippen LogP contribution in [0.15, 0.2) is 0 Å². The highest BCUT2D eigenvalue weighted by Crippen LogP contribution is 2.22. The second-order valence-electron chi connectivity index (χ2n) is 6.07. The van der Waals surface area contributed by atoms with Crippen molar-refractivity contribution in [1.82, 2.24) is 14.7 Å². The smallest absolute Gasteiger partial charge is 0.320 e. The maximum absolute atomic E-state index is 12.7. The lowest BCUT2D eigenvalue weighted by atomic mass is 9.98. The van der Waals surface area contributed by atoms with Crippen molar-refractivity contribution in [2.24, 2.45) is 0 Å². The molecule has 2 fully saturated rings. The minimum absolute atomic E-state index is 0.0736. The molecule has 21 heavy (non-hydrogen) atoms. The van der Waals surface area contributed by atoms with Crippen molar-refractivity contribution in [2.75, 3.05) is 39.3 Å². The number of piperazine rings is 1. The summed E-state index contributed by atoms with van der Waals surface area (Å²) >= 11 is 0. The fraction of sp³-hybridized carbons (Fsp3) is 0.867.